The fraction of sp³-hybridized carbons (Fsp3) is 0.286. The molecular formula is C14H16ClNO4S2. The van der Waals surface area contributed by atoms with Gasteiger partial charge < -0.3 is 9.84 Å². The lowest BCUT2D eigenvalue weighted by Gasteiger charge is -2.11. The van der Waals surface area contributed by atoms with Gasteiger partial charge in [0, 0.05) is 6.54 Å². The first-order chi connectivity index (χ1) is 10.4. The number of methoxy groups -OCH3 is 1. The summed E-state index contributed by atoms with van der Waals surface area (Å²) in [4.78, 5) is 0.0586. The van der Waals surface area contributed by atoms with Crippen LogP contribution in [0.25, 0.3) is 0 Å². The van der Waals surface area contributed by atoms with Crippen LogP contribution in [0, 0.1) is 0 Å². The molecule has 0 aliphatic carbocycles. The van der Waals surface area contributed by atoms with Crippen LogP contribution in [0.1, 0.15) is 18.1 Å². The molecule has 0 saturated heterocycles. The molecule has 0 fully saturated rings. The van der Waals surface area contributed by atoms with Gasteiger partial charge in [-0.15, -0.1) is 0 Å². The SMILES string of the molecule is COc1ccc(S(=O)(=O)NCC[C@@H](O)c2ccsc2)cc1Cl. The predicted molar refractivity (Wildman–Crippen MR) is 87.1 cm³/mol. The lowest BCUT2D eigenvalue weighted by molar-refractivity contribution is 0.169. The molecule has 0 radical (unpaired) electrons. The molecule has 0 aliphatic rings. The first-order valence-electron chi connectivity index (χ1n) is 6.47. The number of hydrogen-bond acceptors (Lipinski definition) is 5. The van der Waals surface area contributed by atoms with Gasteiger partial charge in [0.25, 0.3) is 0 Å². The van der Waals surface area contributed by atoms with Crippen LogP contribution in [0.3, 0.4) is 0 Å². The van der Waals surface area contributed by atoms with Crippen molar-refractivity contribution in [2.24, 2.45) is 0 Å². The molecule has 1 heterocycles. The number of thiophene rings is 1. The lowest BCUT2D eigenvalue weighted by Crippen LogP contribution is -2.26. The van der Waals surface area contributed by atoms with Crippen molar-refractivity contribution in [1.82, 2.24) is 4.72 Å². The van der Waals surface area contributed by atoms with Crippen LogP contribution in [0.15, 0.2) is 39.9 Å². The molecule has 0 spiro atoms. The van der Waals surface area contributed by atoms with Crippen molar-refractivity contribution in [2.75, 3.05) is 13.7 Å². The third-order valence-corrected chi connectivity index (χ3v) is 5.53. The number of benzene rings is 1. The second-order valence-electron chi connectivity index (χ2n) is 4.56. The van der Waals surface area contributed by atoms with Gasteiger partial charge in [0.05, 0.1) is 23.1 Å². The van der Waals surface area contributed by atoms with Gasteiger partial charge in [-0.3, -0.25) is 0 Å². The normalized spacial score (nSPS) is 13.0. The average molecular weight is 362 g/mol. The number of hydrogen-bond donors (Lipinski definition) is 2. The van der Waals surface area contributed by atoms with Crippen LogP contribution in [0.2, 0.25) is 5.02 Å². The summed E-state index contributed by atoms with van der Waals surface area (Å²) in [5, 5.41) is 13.8. The maximum absolute atomic E-state index is 12.2. The Balaban J connectivity index is 1.98. The molecule has 1 atom stereocenters. The lowest BCUT2D eigenvalue weighted by atomic mass is 10.1. The Morgan fingerprint density at radius 1 is 1.41 bits per heavy atom. The predicted octanol–water partition coefficient (Wildman–Crippen LogP) is 2.81. The van der Waals surface area contributed by atoms with Gasteiger partial charge in [-0.25, -0.2) is 13.1 Å². The molecule has 2 rings (SSSR count). The Labute approximate surface area is 138 Å². The van der Waals surface area contributed by atoms with Crippen molar-refractivity contribution in [3.63, 3.8) is 0 Å². The molecule has 0 aliphatic heterocycles. The van der Waals surface area contributed by atoms with E-state index in [1.807, 2.05) is 16.8 Å². The average Bonchev–Trinajstić information content (AvgIpc) is 3.01. The number of aliphatic hydroxyl groups is 1. The van der Waals surface area contributed by atoms with Crippen molar-refractivity contribution >= 4 is 33.0 Å². The first kappa shape index (κ1) is 17.2. The van der Waals surface area contributed by atoms with Crippen molar-refractivity contribution in [1.29, 1.82) is 0 Å². The highest BCUT2D eigenvalue weighted by atomic mass is 35.5. The summed E-state index contributed by atoms with van der Waals surface area (Å²) in [5.41, 5.74) is 0.789. The van der Waals surface area contributed by atoms with Gasteiger partial charge in [-0.05, 0) is 47.0 Å². The van der Waals surface area contributed by atoms with E-state index in [0.29, 0.717) is 12.2 Å². The molecule has 1 aromatic carbocycles. The number of sulfonamides is 1. The zero-order valence-corrected chi connectivity index (χ0v) is 14.2. The van der Waals surface area contributed by atoms with Crippen LogP contribution in [-0.4, -0.2) is 27.2 Å². The van der Waals surface area contributed by atoms with E-state index in [1.165, 1.54) is 36.6 Å². The van der Waals surface area contributed by atoms with Gasteiger partial charge in [-0.2, -0.15) is 11.3 Å². The molecule has 5 nitrogen and oxygen atoms in total. The topological polar surface area (TPSA) is 75.6 Å². The van der Waals surface area contributed by atoms with E-state index in [2.05, 4.69) is 4.72 Å². The minimum absolute atomic E-state index is 0.0586. The van der Waals surface area contributed by atoms with Gasteiger partial charge in [0.15, 0.2) is 0 Å². The van der Waals surface area contributed by atoms with E-state index in [9.17, 15) is 13.5 Å². The van der Waals surface area contributed by atoms with Crippen LogP contribution >= 0.6 is 22.9 Å². The van der Waals surface area contributed by atoms with E-state index >= 15 is 0 Å². The number of rotatable bonds is 7. The van der Waals surface area contributed by atoms with Gasteiger partial charge in [0.2, 0.25) is 10.0 Å². The monoisotopic (exact) mass is 361 g/mol. The van der Waals surface area contributed by atoms with Crippen molar-refractivity contribution in [3.05, 3.63) is 45.6 Å². The van der Waals surface area contributed by atoms with Crippen molar-refractivity contribution in [2.45, 2.75) is 17.4 Å². The smallest absolute Gasteiger partial charge is 0.240 e. The van der Waals surface area contributed by atoms with E-state index in [4.69, 9.17) is 16.3 Å². The summed E-state index contributed by atoms with van der Waals surface area (Å²) in [5.74, 6) is 0.411. The fourth-order valence-electron chi connectivity index (χ4n) is 1.86. The third kappa shape index (κ3) is 4.21. The molecule has 22 heavy (non-hydrogen) atoms. The molecule has 120 valence electrons. The first-order valence-corrected chi connectivity index (χ1v) is 9.28. The molecule has 1 aromatic heterocycles. The van der Waals surface area contributed by atoms with Crippen LogP contribution < -0.4 is 9.46 Å². The summed E-state index contributed by atoms with van der Waals surface area (Å²) in [6, 6.07) is 6.06. The Morgan fingerprint density at radius 3 is 2.77 bits per heavy atom. The molecule has 0 bridgehead atoms. The maximum atomic E-state index is 12.2. The molecule has 0 saturated carbocycles. The molecule has 2 aromatic rings. The Bertz CT molecular complexity index is 716. The zero-order chi connectivity index (χ0) is 16.2. The number of halogens is 1. The van der Waals surface area contributed by atoms with Crippen LogP contribution in [0.4, 0.5) is 0 Å². The molecular weight excluding hydrogens is 346 g/mol. The van der Waals surface area contributed by atoms with Crippen molar-refractivity contribution < 1.29 is 18.3 Å². The van der Waals surface area contributed by atoms with E-state index in [-0.39, 0.29) is 16.5 Å². The minimum atomic E-state index is -3.67. The van der Waals surface area contributed by atoms with E-state index in [1.54, 1.807) is 0 Å². The van der Waals surface area contributed by atoms with E-state index < -0.39 is 16.1 Å². The van der Waals surface area contributed by atoms with Gasteiger partial charge in [0.1, 0.15) is 5.75 Å². The van der Waals surface area contributed by atoms with Crippen LogP contribution in [0.5, 0.6) is 5.75 Å². The molecule has 0 amide bonds. The number of ether oxygens (including phenoxy) is 1. The largest absolute Gasteiger partial charge is 0.495 e. The highest BCUT2D eigenvalue weighted by molar-refractivity contribution is 7.89. The summed E-state index contributed by atoms with van der Waals surface area (Å²) in [6.45, 7) is 0.128. The third-order valence-electron chi connectivity index (χ3n) is 3.07. The quantitative estimate of drug-likeness (QED) is 0.795. The molecule has 2 N–H and O–H groups in total. The summed E-state index contributed by atoms with van der Waals surface area (Å²) >= 11 is 7.42. The highest BCUT2D eigenvalue weighted by Crippen LogP contribution is 2.27. The Hall–Kier alpha value is -1.12. The fourth-order valence-corrected chi connectivity index (χ4v) is 3.96. The molecule has 0 unspecified atom stereocenters. The summed E-state index contributed by atoms with van der Waals surface area (Å²) in [6.07, 6.45) is -0.395. The second-order valence-corrected chi connectivity index (χ2v) is 7.51. The standard InChI is InChI=1S/C14H16ClNO4S2/c1-20-14-3-2-11(8-12(14)15)22(18,19)16-6-4-13(17)10-5-7-21-9-10/h2-3,5,7-9,13,16-17H,4,6H2,1H3/t13-/m1/s1. The summed E-state index contributed by atoms with van der Waals surface area (Å²) < 4.78 is 31.8. The highest BCUT2D eigenvalue weighted by Gasteiger charge is 2.16. The number of aliphatic hydroxyl groups excluding tert-OH is 1. The Morgan fingerprint density at radius 2 is 2.18 bits per heavy atom. The maximum Gasteiger partial charge on any atom is 0.240 e. The summed E-state index contributed by atoms with van der Waals surface area (Å²) in [7, 11) is -2.21. The van der Waals surface area contributed by atoms with Crippen molar-refractivity contribution in [3.8, 4) is 5.75 Å². The molecule has 8 heteroatoms. The minimum Gasteiger partial charge on any atom is -0.495 e. The Kier molecular flexibility index (Phi) is 5.82. The van der Waals surface area contributed by atoms with Gasteiger partial charge >= 0.3 is 0 Å². The van der Waals surface area contributed by atoms with Crippen LogP contribution in [-0.2, 0) is 10.0 Å². The number of nitrogens with one attached hydrogen (secondary N) is 1. The van der Waals surface area contributed by atoms with E-state index in [0.717, 1.165) is 5.56 Å². The second kappa shape index (κ2) is 7.43. The van der Waals surface area contributed by atoms with Gasteiger partial charge in [-0.1, -0.05) is 11.6 Å². The zero-order valence-electron chi connectivity index (χ0n) is 11.8.